The van der Waals surface area contributed by atoms with Crippen molar-refractivity contribution in [2.45, 2.75) is 167 Å². The molecule has 0 heterocycles. The molecule has 1 rings (SSSR count). The van der Waals surface area contributed by atoms with E-state index in [0.29, 0.717) is 0 Å². The molecule has 0 saturated heterocycles. The van der Waals surface area contributed by atoms with Crippen molar-refractivity contribution in [3.8, 4) is 0 Å². The highest BCUT2D eigenvalue weighted by atomic mass is 16.2. The van der Waals surface area contributed by atoms with Crippen LogP contribution in [0.1, 0.15) is 155 Å². The van der Waals surface area contributed by atoms with E-state index in [0.717, 1.165) is 51.6 Å². The molecule has 0 radical (unpaired) electrons. The lowest BCUT2D eigenvalue weighted by atomic mass is 9.90. The topological polar surface area (TPSA) is 82.3 Å². The normalized spacial score (nSPS) is 17.5. The monoisotopic (exact) mass is 508 g/mol. The number of carbonyl (C=O) groups excluding carboxylic acids is 2. The van der Waals surface area contributed by atoms with Crippen LogP contribution in [-0.2, 0) is 0 Å². The molecular formula is C30H60N4O2. The highest BCUT2D eigenvalue weighted by Crippen LogP contribution is 2.18. The molecule has 4 N–H and O–H groups in total. The third-order valence-corrected chi connectivity index (χ3v) is 7.53. The fourth-order valence-electron chi connectivity index (χ4n) is 5.19. The molecule has 1 saturated carbocycles. The zero-order valence-electron chi connectivity index (χ0n) is 23.9. The Labute approximate surface area is 223 Å². The first-order valence-corrected chi connectivity index (χ1v) is 15.8. The van der Waals surface area contributed by atoms with Gasteiger partial charge in [-0.05, 0) is 25.7 Å². The molecule has 0 aliphatic heterocycles. The maximum Gasteiger partial charge on any atom is 0.315 e. The van der Waals surface area contributed by atoms with Crippen LogP contribution in [0.3, 0.4) is 0 Å². The van der Waals surface area contributed by atoms with Crippen molar-refractivity contribution in [1.82, 2.24) is 21.3 Å². The van der Waals surface area contributed by atoms with Crippen molar-refractivity contribution in [2.75, 3.05) is 13.1 Å². The highest BCUT2D eigenvalue weighted by Gasteiger charge is 2.27. The second-order valence-corrected chi connectivity index (χ2v) is 11.0. The lowest BCUT2D eigenvalue weighted by Gasteiger charge is -2.32. The van der Waals surface area contributed by atoms with E-state index in [1.54, 1.807) is 0 Å². The number of unbranched alkanes of at least 4 members (excludes halogenated alkanes) is 16. The van der Waals surface area contributed by atoms with E-state index in [-0.39, 0.29) is 24.1 Å². The molecule has 1 unspecified atom stereocenters. The maximum absolute atomic E-state index is 12.4. The molecule has 1 aliphatic carbocycles. The van der Waals surface area contributed by atoms with Crippen LogP contribution in [0.15, 0.2) is 0 Å². The van der Waals surface area contributed by atoms with Crippen LogP contribution in [0.25, 0.3) is 0 Å². The molecule has 0 aromatic heterocycles. The summed E-state index contributed by atoms with van der Waals surface area (Å²) in [7, 11) is 0. The predicted octanol–water partition coefficient (Wildman–Crippen LogP) is 7.96. The number of hydrogen-bond donors (Lipinski definition) is 4. The number of rotatable bonds is 22. The molecule has 0 aromatic carbocycles. The predicted molar refractivity (Wildman–Crippen MR) is 154 cm³/mol. The minimum atomic E-state index is -0.0941. The van der Waals surface area contributed by atoms with Crippen molar-refractivity contribution in [3.63, 3.8) is 0 Å². The van der Waals surface area contributed by atoms with Crippen molar-refractivity contribution in [2.24, 2.45) is 0 Å². The lowest BCUT2D eigenvalue weighted by Crippen LogP contribution is -2.56. The van der Waals surface area contributed by atoms with Gasteiger partial charge in [-0.15, -0.1) is 0 Å². The van der Waals surface area contributed by atoms with Crippen LogP contribution >= 0.6 is 0 Å². The van der Waals surface area contributed by atoms with Gasteiger partial charge in [0, 0.05) is 13.1 Å². The standard InChI is InChI=1S/C30H60N4O2/c1-3-5-7-9-11-13-15-17-21-25-31-29(35)33-27-23-19-20-24-28(27)34-30(36)32-26-22-18-16-14-12-10-8-6-4-2/h27-28H,3-26H2,1-2H3,(H2,31,33,35)(H2,32,34,36)/t27-,28?/m0/s1. The van der Waals surface area contributed by atoms with Crippen LogP contribution < -0.4 is 21.3 Å². The van der Waals surface area contributed by atoms with Gasteiger partial charge in [0.2, 0.25) is 0 Å². The van der Waals surface area contributed by atoms with Crippen LogP contribution in [-0.4, -0.2) is 37.2 Å². The van der Waals surface area contributed by atoms with E-state index in [1.807, 2.05) is 0 Å². The summed E-state index contributed by atoms with van der Waals surface area (Å²) in [5.74, 6) is 0. The molecular weight excluding hydrogens is 448 g/mol. The average Bonchev–Trinajstić information content (AvgIpc) is 2.87. The van der Waals surface area contributed by atoms with Crippen LogP contribution in [0.5, 0.6) is 0 Å². The maximum atomic E-state index is 12.4. The van der Waals surface area contributed by atoms with Gasteiger partial charge < -0.3 is 21.3 Å². The third-order valence-electron chi connectivity index (χ3n) is 7.53. The average molecular weight is 509 g/mol. The number of urea groups is 2. The minimum absolute atomic E-state index is 0.0142. The smallest absolute Gasteiger partial charge is 0.315 e. The van der Waals surface area contributed by atoms with Gasteiger partial charge in [0.1, 0.15) is 0 Å². The molecule has 2 atom stereocenters. The van der Waals surface area contributed by atoms with Gasteiger partial charge in [-0.1, -0.05) is 129 Å². The molecule has 0 spiro atoms. The first-order valence-electron chi connectivity index (χ1n) is 15.8. The summed E-state index contributed by atoms with van der Waals surface area (Å²) < 4.78 is 0. The van der Waals surface area contributed by atoms with Crippen LogP contribution in [0, 0.1) is 0 Å². The van der Waals surface area contributed by atoms with Gasteiger partial charge in [0.15, 0.2) is 0 Å². The lowest BCUT2D eigenvalue weighted by molar-refractivity contribution is 0.213. The Morgan fingerprint density at radius 3 is 1.14 bits per heavy atom. The van der Waals surface area contributed by atoms with E-state index >= 15 is 0 Å². The Bertz CT molecular complexity index is 483. The van der Waals surface area contributed by atoms with Crippen LogP contribution in [0.4, 0.5) is 9.59 Å². The van der Waals surface area contributed by atoms with Gasteiger partial charge in [-0.2, -0.15) is 0 Å². The molecule has 4 amide bonds. The van der Waals surface area contributed by atoms with Gasteiger partial charge in [-0.3, -0.25) is 0 Å². The first kappa shape index (κ1) is 32.6. The molecule has 212 valence electrons. The first-order chi connectivity index (χ1) is 17.7. The summed E-state index contributed by atoms with van der Waals surface area (Å²) in [5, 5.41) is 12.3. The van der Waals surface area contributed by atoms with E-state index in [2.05, 4.69) is 35.1 Å². The summed E-state index contributed by atoms with van der Waals surface area (Å²) in [4.78, 5) is 24.8. The zero-order chi connectivity index (χ0) is 26.1. The molecule has 1 fully saturated rings. The van der Waals surface area contributed by atoms with E-state index < -0.39 is 0 Å². The van der Waals surface area contributed by atoms with Crippen LogP contribution in [0.2, 0.25) is 0 Å². The van der Waals surface area contributed by atoms with Crippen molar-refractivity contribution in [3.05, 3.63) is 0 Å². The van der Waals surface area contributed by atoms with Gasteiger partial charge >= 0.3 is 12.1 Å². The summed E-state index contributed by atoms with van der Waals surface area (Å²) >= 11 is 0. The Hall–Kier alpha value is -1.46. The summed E-state index contributed by atoms with van der Waals surface area (Å²) in [6, 6.07) is -0.160. The van der Waals surface area contributed by atoms with Gasteiger partial charge in [-0.25, -0.2) is 9.59 Å². The Balaban J connectivity index is 2.07. The van der Waals surface area contributed by atoms with Gasteiger partial charge in [0.25, 0.3) is 0 Å². The number of hydrogen-bond acceptors (Lipinski definition) is 2. The molecule has 0 aromatic rings. The Morgan fingerprint density at radius 2 is 0.806 bits per heavy atom. The quantitative estimate of drug-likeness (QED) is 0.112. The summed E-state index contributed by atoms with van der Waals surface area (Å²) in [6.07, 6.45) is 27.1. The highest BCUT2D eigenvalue weighted by molar-refractivity contribution is 5.75. The molecule has 36 heavy (non-hydrogen) atoms. The summed E-state index contributed by atoms with van der Waals surface area (Å²) in [5.41, 5.74) is 0. The van der Waals surface area contributed by atoms with Crippen molar-refractivity contribution in [1.29, 1.82) is 0 Å². The number of amides is 4. The van der Waals surface area contributed by atoms with Crippen molar-refractivity contribution >= 4 is 12.1 Å². The van der Waals surface area contributed by atoms with Gasteiger partial charge in [0.05, 0.1) is 12.1 Å². The van der Waals surface area contributed by atoms with E-state index in [1.165, 1.54) is 103 Å². The minimum Gasteiger partial charge on any atom is -0.338 e. The molecule has 0 bridgehead atoms. The molecule has 6 nitrogen and oxygen atoms in total. The number of carbonyl (C=O) groups is 2. The largest absolute Gasteiger partial charge is 0.338 e. The number of nitrogens with one attached hydrogen (secondary N) is 4. The second-order valence-electron chi connectivity index (χ2n) is 11.0. The second kappa shape index (κ2) is 23.9. The van der Waals surface area contributed by atoms with Crippen molar-refractivity contribution < 1.29 is 9.59 Å². The fourth-order valence-corrected chi connectivity index (χ4v) is 5.19. The zero-order valence-corrected chi connectivity index (χ0v) is 23.9. The molecule has 1 aliphatic rings. The summed E-state index contributed by atoms with van der Waals surface area (Å²) in [6.45, 7) is 5.97. The third kappa shape index (κ3) is 18.8. The van der Waals surface area contributed by atoms with E-state index in [9.17, 15) is 9.59 Å². The molecule has 6 heteroatoms. The Morgan fingerprint density at radius 1 is 0.500 bits per heavy atom. The fraction of sp³-hybridized carbons (Fsp3) is 0.933. The Kier molecular flexibility index (Phi) is 21.6. The van der Waals surface area contributed by atoms with E-state index in [4.69, 9.17) is 0 Å². The SMILES string of the molecule is CCCCCCCCCCCNC(=O)NC1CCCC[C@@H]1NC(=O)NCCCCCCCCCCC.